The fourth-order valence-electron chi connectivity index (χ4n) is 3.15. The molecule has 0 bridgehead atoms. The molecule has 6 nitrogen and oxygen atoms in total. The molecule has 0 N–H and O–H groups in total. The van der Waals surface area contributed by atoms with E-state index in [2.05, 4.69) is 0 Å². The Morgan fingerprint density at radius 2 is 1.89 bits per heavy atom. The van der Waals surface area contributed by atoms with Crippen molar-refractivity contribution >= 4 is 17.5 Å². The molecule has 3 rings (SSSR count). The van der Waals surface area contributed by atoms with Crippen molar-refractivity contribution in [3.8, 4) is 11.5 Å². The number of aryl methyl sites for hydroxylation is 1. The van der Waals surface area contributed by atoms with Crippen LogP contribution >= 0.6 is 0 Å². The molecule has 1 fully saturated rings. The number of carbonyl (C=O) groups is 2. The van der Waals surface area contributed by atoms with E-state index in [1.54, 1.807) is 41.2 Å². The molecule has 1 aliphatic rings. The van der Waals surface area contributed by atoms with Gasteiger partial charge in [-0.25, -0.2) is 0 Å². The van der Waals surface area contributed by atoms with Gasteiger partial charge >= 0.3 is 0 Å². The maximum absolute atomic E-state index is 12.6. The van der Waals surface area contributed by atoms with Crippen molar-refractivity contribution < 1.29 is 19.1 Å². The Kier molecular flexibility index (Phi) is 5.64. The van der Waals surface area contributed by atoms with Crippen molar-refractivity contribution in [1.29, 1.82) is 0 Å². The molecule has 142 valence electrons. The van der Waals surface area contributed by atoms with Crippen LogP contribution < -0.4 is 14.4 Å². The van der Waals surface area contributed by atoms with Gasteiger partial charge in [-0.1, -0.05) is 18.2 Å². The summed E-state index contributed by atoms with van der Waals surface area (Å²) in [7, 11) is 1.57. The third kappa shape index (κ3) is 4.39. The molecule has 1 atom stereocenters. The van der Waals surface area contributed by atoms with Gasteiger partial charge in [0.15, 0.2) is 6.61 Å². The number of nitrogens with zero attached hydrogens (tertiary/aromatic N) is 2. The minimum Gasteiger partial charge on any atom is -0.497 e. The summed E-state index contributed by atoms with van der Waals surface area (Å²) in [6.45, 7) is 4.34. The molecule has 0 saturated carbocycles. The average Bonchev–Trinajstić information content (AvgIpc) is 2.67. The number of carbonyl (C=O) groups excluding carboxylic acids is 2. The van der Waals surface area contributed by atoms with Gasteiger partial charge in [0.25, 0.3) is 5.91 Å². The number of hydrogen-bond acceptors (Lipinski definition) is 4. The number of amides is 2. The van der Waals surface area contributed by atoms with E-state index >= 15 is 0 Å². The second kappa shape index (κ2) is 8.12. The monoisotopic (exact) mass is 368 g/mol. The predicted molar refractivity (Wildman–Crippen MR) is 103 cm³/mol. The topological polar surface area (TPSA) is 59.1 Å². The third-order valence-electron chi connectivity index (χ3n) is 4.62. The van der Waals surface area contributed by atoms with Crippen LogP contribution in [0, 0.1) is 6.92 Å². The van der Waals surface area contributed by atoms with Crippen molar-refractivity contribution in [3.63, 3.8) is 0 Å². The van der Waals surface area contributed by atoms with E-state index in [4.69, 9.17) is 9.47 Å². The Morgan fingerprint density at radius 3 is 2.63 bits per heavy atom. The molecule has 0 aliphatic carbocycles. The lowest BCUT2D eigenvalue weighted by Gasteiger charge is -2.39. The lowest BCUT2D eigenvalue weighted by molar-refractivity contribution is -0.141. The van der Waals surface area contributed by atoms with E-state index in [-0.39, 0.29) is 31.0 Å². The van der Waals surface area contributed by atoms with Gasteiger partial charge in [0.2, 0.25) is 5.91 Å². The Morgan fingerprint density at radius 1 is 1.15 bits per heavy atom. The first-order valence-corrected chi connectivity index (χ1v) is 8.91. The fourth-order valence-corrected chi connectivity index (χ4v) is 3.15. The van der Waals surface area contributed by atoms with Gasteiger partial charge in [-0.3, -0.25) is 9.59 Å². The highest BCUT2D eigenvalue weighted by Gasteiger charge is 2.33. The third-order valence-corrected chi connectivity index (χ3v) is 4.62. The standard InChI is InChI=1S/C21H24N2O4/c1-15-6-4-7-17(10-15)23-12-16(2)22(13-20(23)24)21(25)14-27-19-9-5-8-18(11-19)26-3/h4-11,16H,12-14H2,1-3H3/t16-/m0/s1. The number of rotatable bonds is 5. The molecular formula is C21H24N2O4. The zero-order valence-electron chi connectivity index (χ0n) is 15.8. The maximum atomic E-state index is 12.6. The van der Waals surface area contributed by atoms with Crippen LogP contribution in [0.1, 0.15) is 12.5 Å². The number of anilines is 1. The Bertz CT molecular complexity index is 836. The van der Waals surface area contributed by atoms with Crippen LogP contribution in [0.2, 0.25) is 0 Å². The molecule has 0 aromatic heterocycles. The van der Waals surface area contributed by atoms with Crippen molar-refractivity contribution in [2.45, 2.75) is 19.9 Å². The quantitative estimate of drug-likeness (QED) is 0.814. The SMILES string of the molecule is COc1cccc(OCC(=O)N2CC(=O)N(c3cccc(C)c3)C[C@@H]2C)c1. The first-order chi connectivity index (χ1) is 13.0. The zero-order chi connectivity index (χ0) is 19.4. The smallest absolute Gasteiger partial charge is 0.261 e. The normalized spacial score (nSPS) is 17.0. The second-order valence-corrected chi connectivity index (χ2v) is 6.68. The van der Waals surface area contributed by atoms with Crippen molar-refractivity contribution in [3.05, 3.63) is 54.1 Å². The van der Waals surface area contributed by atoms with Gasteiger partial charge in [-0.05, 0) is 43.7 Å². The summed E-state index contributed by atoms with van der Waals surface area (Å²) in [5.74, 6) is 0.923. The minimum absolute atomic E-state index is 0.0510. The first kappa shape index (κ1) is 18.8. The summed E-state index contributed by atoms with van der Waals surface area (Å²) < 4.78 is 10.7. The van der Waals surface area contributed by atoms with Crippen LogP contribution in [0.25, 0.3) is 0 Å². The highest BCUT2D eigenvalue weighted by Crippen LogP contribution is 2.22. The van der Waals surface area contributed by atoms with Crippen molar-refractivity contribution in [1.82, 2.24) is 4.90 Å². The second-order valence-electron chi connectivity index (χ2n) is 6.68. The largest absolute Gasteiger partial charge is 0.497 e. The number of methoxy groups -OCH3 is 1. The first-order valence-electron chi connectivity index (χ1n) is 8.91. The van der Waals surface area contributed by atoms with Crippen molar-refractivity contribution in [2.75, 3.05) is 31.7 Å². The van der Waals surface area contributed by atoms with Crippen LogP contribution in [0.15, 0.2) is 48.5 Å². The highest BCUT2D eigenvalue weighted by molar-refractivity contribution is 5.98. The molecule has 6 heteroatoms. The average molecular weight is 368 g/mol. The summed E-state index contributed by atoms with van der Waals surface area (Å²) in [5.41, 5.74) is 1.96. The predicted octanol–water partition coefficient (Wildman–Crippen LogP) is 2.65. The number of hydrogen-bond donors (Lipinski definition) is 0. The van der Waals surface area contributed by atoms with E-state index in [1.165, 1.54) is 0 Å². The van der Waals surface area contributed by atoms with Gasteiger partial charge in [0.1, 0.15) is 18.0 Å². The van der Waals surface area contributed by atoms with Crippen LogP contribution in [0.5, 0.6) is 11.5 Å². The number of ether oxygens (including phenoxy) is 2. The van der Waals surface area contributed by atoms with E-state index in [1.807, 2.05) is 38.1 Å². The lowest BCUT2D eigenvalue weighted by Crippen LogP contribution is -2.58. The molecular weight excluding hydrogens is 344 g/mol. The molecule has 0 radical (unpaired) electrons. The molecule has 27 heavy (non-hydrogen) atoms. The molecule has 1 saturated heterocycles. The van der Waals surface area contributed by atoms with Gasteiger partial charge in [0, 0.05) is 24.3 Å². The molecule has 1 aliphatic heterocycles. The summed E-state index contributed by atoms with van der Waals surface area (Å²) in [6, 6.07) is 14.8. The number of piperazine rings is 1. The molecule has 2 aromatic carbocycles. The van der Waals surface area contributed by atoms with E-state index in [9.17, 15) is 9.59 Å². The van der Waals surface area contributed by atoms with Crippen LogP contribution in [0.4, 0.5) is 5.69 Å². The fraction of sp³-hybridized carbons (Fsp3) is 0.333. The van der Waals surface area contributed by atoms with E-state index in [0.717, 1.165) is 11.3 Å². The molecule has 2 aromatic rings. The van der Waals surface area contributed by atoms with Crippen LogP contribution in [-0.4, -0.2) is 49.6 Å². The van der Waals surface area contributed by atoms with Gasteiger partial charge < -0.3 is 19.3 Å². The van der Waals surface area contributed by atoms with E-state index < -0.39 is 0 Å². The minimum atomic E-state index is -0.206. The summed E-state index contributed by atoms with van der Waals surface area (Å²) in [5, 5.41) is 0. The lowest BCUT2D eigenvalue weighted by atomic mass is 10.1. The molecule has 2 amide bonds. The molecule has 1 heterocycles. The van der Waals surface area contributed by atoms with Gasteiger partial charge in [-0.2, -0.15) is 0 Å². The Hall–Kier alpha value is -3.02. The molecule has 0 spiro atoms. The van der Waals surface area contributed by atoms with Gasteiger partial charge in [-0.15, -0.1) is 0 Å². The Labute approximate surface area is 159 Å². The van der Waals surface area contributed by atoms with Gasteiger partial charge in [0.05, 0.1) is 7.11 Å². The van der Waals surface area contributed by atoms with Crippen LogP contribution in [0.3, 0.4) is 0 Å². The van der Waals surface area contributed by atoms with Crippen LogP contribution in [-0.2, 0) is 9.59 Å². The van der Waals surface area contributed by atoms with E-state index in [0.29, 0.717) is 18.0 Å². The summed E-state index contributed by atoms with van der Waals surface area (Å²) >= 11 is 0. The Balaban J connectivity index is 1.62. The summed E-state index contributed by atoms with van der Waals surface area (Å²) in [6.07, 6.45) is 0. The molecule has 0 unspecified atom stereocenters. The zero-order valence-corrected chi connectivity index (χ0v) is 15.8. The maximum Gasteiger partial charge on any atom is 0.261 e. The highest BCUT2D eigenvalue weighted by atomic mass is 16.5. The van der Waals surface area contributed by atoms with Crippen molar-refractivity contribution in [2.24, 2.45) is 0 Å². The number of benzene rings is 2. The summed E-state index contributed by atoms with van der Waals surface area (Å²) in [4.78, 5) is 28.5.